The van der Waals surface area contributed by atoms with E-state index >= 15 is 0 Å². The van der Waals surface area contributed by atoms with Crippen LogP contribution in [0.15, 0.2) is 50.4 Å². The van der Waals surface area contributed by atoms with Crippen molar-refractivity contribution in [3.63, 3.8) is 0 Å². The Labute approximate surface area is 180 Å². The molecule has 2 saturated heterocycles. The molecule has 0 atom stereocenters. The van der Waals surface area contributed by atoms with Gasteiger partial charge in [-0.2, -0.15) is 0 Å². The zero-order valence-corrected chi connectivity index (χ0v) is 18.4. The van der Waals surface area contributed by atoms with Gasteiger partial charge in [0, 0.05) is 50.1 Å². The molecule has 0 amide bonds. The number of carboxylic acids is 1. The van der Waals surface area contributed by atoms with Gasteiger partial charge < -0.3 is 14.9 Å². The fraction of sp³-hybridized carbons (Fsp3) is 0.381. The first kappa shape index (κ1) is 21.5. The molecule has 0 unspecified atom stereocenters. The molecule has 6 nitrogen and oxygen atoms in total. The minimum atomic E-state index is -1.01. The average molecular weight is 431 g/mol. The van der Waals surface area contributed by atoms with E-state index in [1.54, 1.807) is 42.4 Å². The summed E-state index contributed by atoms with van der Waals surface area (Å²) in [6.07, 6.45) is 7.35. The van der Waals surface area contributed by atoms with E-state index in [1.165, 1.54) is 10.1 Å². The van der Waals surface area contributed by atoms with Gasteiger partial charge in [-0.25, -0.2) is 4.79 Å². The number of carbonyl (C=O) groups is 1. The van der Waals surface area contributed by atoms with Gasteiger partial charge in [-0.05, 0) is 44.2 Å². The highest BCUT2D eigenvalue weighted by Crippen LogP contribution is 2.29. The fourth-order valence-corrected chi connectivity index (χ4v) is 5.28. The Bertz CT molecular complexity index is 864. The zero-order chi connectivity index (χ0) is 20.6. The molecule has 0 aromatic heterocycles. The molecule has 3 rings (SSSR count). The summed E-state index contributed by atoms with van der Waals surface area (Å²) in [5.41, 5.74) is 1.19. The number of thioether (sulfide) groups is 2. The van der Waals surface area contributed by atoms with Gasteiger partial charge >= 0.3 is 5.97 Å². The molecule has 0 radical (unpaired) electrons. The summed E-state index contributed by atoms with van der Waals surface area (Å²) in [5.74, 6) is 1.16. The van der Waals surface area contributed by atoms with Gasteiger partial charge in [-0.1, -0.05) is 0 Å². The highest BCUT2D eigenvalue weighted by molar-refractivity contribution is 8.03. The van der Waals surface area contributed by atoms with Crippen molar-refractivity contribution in [2.45, 2.75) is 13.8 Å². The van der Waals surface area contributed by atoms with Crippen LogP contribution in [0.25, 0.3) is 0 Å². The summed E-state index contributed by atoms with van der Waals surface area (Å²) in [6.45, 7) is 8.30. The first-order valence-corrected chi connectivity index (χ1v) is 11.7. The number of rotatable bonds is 7. The number of aromatic carboxylic acids is 1. The van der Waals surface area contributed by atoms with Crippen LogP contribution in [0.2, 0.25) is 0 Å². The quantitative estimate of drug-likeness (QED) is 0.637. The molecular weight excluding hydrogens is 404 g/mol. The molecule has 0 saturated carbocycles. The van der Waals surface area contributed by atoms with E-state index in [0.29, 0.717) is 11.4 Å². The Hall–Kier alpha value is -2.19. The van der Waals surface area contributed by atoms with Crippen LogP contribution >= 0.6 is 23.5 Å². The van der Waals surface area contributed by atoms with Crippen LogP contribution in [-0.4, -0.2) is 71.0 Å². The average Bonchev–Trinajstić information content (AvgIpc) is 3.37. The second-order valence-corrected chi connectivity index (χ2v) is 8.66. The molecule has 29 heavy (non-hydrogen) atoms. The number of nitrogens with zero attached hydrogens (tertiary/aromatic N) is 4. The second kappa shape index (κ2) is 10.5. The lowest BCUT2D eigenvalue weighted by Crippen LogP contribution is -2.17. The monoisotopic (exact) mass is 430 g/mol. The molecule has 154 valence electrons. The molecule has 8 heteroatoms. The predicted octanol–water partition coefficient (Wildman–Crippen LogP) is 4.61. The molecule has 0 spiro atoms. The van der Waals surface area contributed by atoms with Gasteiger partial charge in [0.2, 0.25) is 0 Å². The van der Waals surface area contributed by atoms with Gasteiger partial charge in [0.15, 0.2) is 0 Å². The van der Waals surface area contributed by atoms with E-state index in [2.05, 4.69) is 33.6 Å². The van der Waals surface area contributed by atoms with Crippen LogP contribution in [0, 0.1) is 0 Å². The molecule has 1 N–H and O–H groups in total. The van der Waals surface area contributed by atoms with Crippen LogP contribution < -0.4 is 0 Å². The van der Waals surface area contributed by atoms with Crippen molar-refractivity contribution in [1.29, 1.82) is 0 Å². The molecule has 1 aromatic rings. The lowest BCUT2D eigenvalue weighted by molar-refractivity contribution is 0.0698. The first-order chi connectivity index (χ1) is 14.1. The summed E-state index contributed by atoms with van der Waals surface area (Å²) in [7, 11) is 0. The van der Waals surface area contributed by atoms with Crippen molar-refractivity contribution in [3.8, 4) is 0 Å². The summed E-state index contributed by atoms with van der Waals surface area (Å²) in [4.78, 5) is 25.0. The summed E-state index contributed by atoms with van der Waals surface area (Å²) >= 11 is 3.61. The Morgan fingerprint density at radius 1 is 1.03 bits per heavy atom. The summed E-state index contributed by atoms with van der Waals surface area (Å²) in [6, 6.07) is 5.07. The van der Waals surface area contributed by atoms with Crippen molar-refractivity contribution < 1.29 is 9.90 Å². The van der Waals surface area contributed by atoms with Crippen LogP contribution in [0.4, 0.5) is 11.4 Å². The lowest BCUT2D eigenvalue weighted by Gasteiger charge is -2.14. The topological polar surface area (TPSA) is 68.5 Å². The predicted molar refractivity (Wildman–Crippen MR) is 125 cm³/mol. The van der Waals surface area contributed by atoms with E-state index in [9.17, 15) is 9.90 Å². The van der Waals surface area contributed by atoms with E-state index < -0.39 is 5.97 Å². The largest absolute Gasteiger partial charge is 0.478 e. The number of allylic oxidation sites excluding steroid dienone is 2. The van der Waals surface area contributed by atoms with Crippen LogP contribution in [0.3, 0.4) is 0 Å². The molecule has 0 aliphatic carbocycles. The molecule has 2 heterocycles. The van der Waals surface area contributed by atoms with Crippen molar-refractivity contribution in [1.82, 2.24) is 9.80 Å². The Morgan fingerprint density at radius 3 is 2.17 bits per heavy atom. The molecule has 0 bridgehead atoms. The molecule has 2 fully saturated rings. The highest BCUT2D eigenvalue weighted by atomic mass is 32.2. The van der Waals surface area contributed by atoms with Gasteiger partial charge in [-0.3, -0.25) is 9.98 Å². The van der Waals surface area contributed by atoms with Crippen molar-refractivity contribution >= 4 is 53.3 Å². The maximum atomic E-state index is 11.7. The minimum Gasteiger partial charge on any atom is -0.478 e. The highest BCUT2D eigenvalue weighted by Gasteiger charge is 2.15. The van der Waals surface area contributed by atoms with E-state index in [4.69, 9.17) is 0 Å². The lowest BCUT2D eigenvalue weighted by atomic mass is 10.1. The second-order valence-electron chi connectivity index (χ2n) is 6.43. The number of hydrogen-bond acceptors (Lipinski definition) is 7. The number of hydrogen-bond donors (Lipinski definition) is 1. The SMILES string of the molecule is CCN1CCS/C1=C/C=Nc1ccc(N=C/C=C2/SCCN2CC)c(C(=O)O)c1. The number of aliphatic imine (C=N–C) groups is 2. The fourth-order valence-electron chi connectivity index (χ4n) is 3.12. The number of carboxylic acid groups (broad SMARTS) is 1. The van der Waals surface area contributed by atoms with E-state index in [-0.39, 0.29) is 5.56 Å². The van der Waals surface area contributed by atoms with Crippen molar-refractivity contribution in [3.05, 3.63) is 46.0 Å². The molecule has 2 aliphatic rings. The van der Waals surface area contributed by atoms with Gasteiger partial charge in [0.1, 0.15) is 0 Å². The standard InChI is InChI=1S/C21H26N4O2S2/c1-3-24-11-13-28-19(24)7-9-22-16-5-6-18(17(15-16)21(26)27)23-10-8-20-25(4-2)12-14-29-20/h5-10,15H,3-4,11-14H2,1-2H3,(H,26,27)/b19-7+,20-8+,22-9?,23-10?. The maximum Gasteiger partial charge on any atom is 0.337 e. The van der Waals surface area contributed by atoms with Crippen LogP contribution in [-0.2, 0) is 0 Å². The van der Waals surface area contributed by atoms with Crippen molar-refractivity contribution in [2.75, 3.05) is 37.7 Å². The van der Waals surface area contributed by atoms with E-state index in [1.807, 2.05) is 23.9 Å². The normalized spacial score (nSPS) is 20.2. The molecule has 1 aromatic carbocycles. The Morgan fingerprint density at radius 2 is 1.62 bits per heavy atom. The zero-order valence-electron chi connectivity index (χ0n) is 16.7. The Kier molecular flexibility index (Phi) is 7.83. The van der Waals surface area contributed by atoms with Gasteiger partial charge in [-0.15, -0.1) is 23.5 Å². The van der Waals surface area contributed by atoms with Gasteiger partial charge in [0.05, 0.1) is 27.0 Å². The Balaban J connectivity index is 1.74. The third-order valence-electron chi connectivity index (χ3n) is 4.69. The molecular formula is C21H26N4O2S2. The first-order valence-electron chi connectivity index (χ1n) is 9.74. The third-order valence-corrected chi connectivity index (χ3v) is 6.84. The molecule has 2 aliphatic heterocycles. The smallest absolute Gasteiger partial charge is 0.337 e. The maximum absolute atomic E-state index is 11.7. The van der Waals surface area contributed by atoms with Crippen LogP contribution in [0.1, 0.15) is 24.2 Å². The third kappa shape index (κ3) is 5.67. The summed E-state index contributed by atoms with van der Waals surface area (Å²) in [5, 5.41) is 11.9. The van der Waals surface area contributed by atoms with Gasteiger partial charge in [0.25, 0.3) is 0 Å². The number of benzene rings is 1. The summed E-state index contributed by atoms with van der Waals surface area (Å²) < 4.78 is 0. The van der Waals surface area contributed by atoms with Crippen molar-refractivity contribution in [2.24, 2.45) is 9.98 Å². The van der Waals surface area contributed by atoms with Crippen LogP contribution in [0.5, 0.6) is 0 Å². The minimum absolute atomic E-state index is 0.152. The van der Waals surface area contributed by atoms with E-state index in [0.717, 1.165) is 37.7 Å².